The van der Waals surface area contributed by atoms with Gasteiger partial charge in [0.2, 0.25) is 0 Å². The number of halogens is 2. The van der Waals surface area contributed by atoms with E-state index < -0.39 is 8.07 Å². The van der Waals surface area contributed by atoms with Crippen LogP contribution in [0.25, 0.3) is 22.4 Å². The van der Waals surface area contributed by atoms with Gasteiger partial charge in [-0.25, -0.2) is 0 Å². The number of hydrogen-bond donors (Lipinski definition) is 0. The maximum Gasteiger partial charge on any atom is -1.00 e. The van der Waals surface area contributed by atoms with E-state index in [1.54, 1.807) is 35.5 Å². The Morgan fingerprint density at radius 1 is 0.943 bits per heavy atom. The van der Waals surface area contributed by atoms with Gasteiger partial charge in [0.15, 0.2) is 0 Å². The minimum atomic E-state index is -1.04. The second-order valence-electron chi connectivity index (χ2n) is 10.5. The van der Waals surface area contributed by atoms with Gasteiger partial charge in [0.25, 0.3) is 0 Å². The Morgan fingerprint density at radius 2 is 1.63 bits per heavy atom. The van der Waals surface area contributed by atoms with Crippen LogP contribution in [0.2, 0.25) is 13.1 Å². The Kier molecular flexibility index (Phi) is 8.70. The molecule has 35 heavy (non-hydrogen) atoms. The molecule has 1 aromatic heterocycles. The standard InChI is InChI=1S/C20H21.C10H12OSi.2ClH.Zr/c1-4-15(3)16-8-10-17(11-9-16)19-7-5-6-18-12-14(2)13-20(18)19;1-6-9-7-4-11-5-8(7)10(6)12(9,2)3;;;/h5-13,15H,4H2,1-3H3;4-5,9H,1-3H3;2*1H;/q;;;;+2/p-2. The normalized spacial score (nSPS) is 20.9. The van der Waals surface area contributed by atoms with Crippen LogP contribution in [0.15, 0.2) is 70.6 Å². The predicted molar refractivity (Wildman–Crippen MR) is 139 cm³/mol. The molecule has 1 nitrogen and oxygen atoms in total. The fourth-order valence-electron chi connectivity index (χ4n) is 6.21. The van der Waals surface area contributed by atoms with Gasteiger partial charge < -0.3 is 29.2 Å². The molecule has 0 saturated carbocycles. The summed E-state index contributed by atoms with van der Waals surface area (Å²) in [6, 6.07) is 15.9. The van der Waals surface area contributed by atoms with Crippen LogP contribution >= 0.6 is 0 Å². The Bertz CT molecular complexity index is 1290. The molecular weight excluding hydrogens is 567 g/mol. The molecule has 0 fully saturated rings. The Hall–Kier alpha value is -1.12. The minimum Gasteiger partial charge on any atom is -1.00 e. The van der Waals surface area contributed by atoms with E-state index in [0.29, 0.717) is 9.54 Å². The summed E-state index contributed by atoms with van der Waals surface area (Å²) in [6.45, 7) is 14.0. The topological polar surface area (TPSA) is 13.1 Å². The molecule has 2 aromatic carbocycles. The van der Waals surface area contributed by atoms with Crippen molar-refractivity contribution in [3.05, 3.63) is 94.0 Å². The number of benzene rings is 2. The zero-order chi connectivity index (χ0) is 23.5. The molecule has 3 aromatic rings. The minimum absolute atomic E-state index is 0. The van der Waals surface area contributed by atoms with E-state index >= 15 is 0 Å². The summed E-state index contributed by atoms with van der Waals surface area (Å²) in [5.41, 5.74) is 13.9. The van der Waals surface area contributed by atoms with Crippen molar-refractivity contribution in [1.29, 1.82) is 0 Å². The van der Waals surface area contributed by atoms with Gasteiger partial charge in [-0.2, -0.15) is 0 Å². The maximum absolute atomic E-state index is 5.22. The maximum atomic E-state index is 5.22. The van der Waals surface area contributed by atoms with Gasteiger partial charge in [-0.3, -0.25) is 0 Å². The van der Waals surface area contributed by atoms with Crippen LogP contribution in [0.1, 0.15) is 77.0 Å². The summed E-state index contributed by atoms with van der Waals surface area (Å²) < 4.78 is 5.86. The van der Waals surface area contributed by atoms with Crippen LogP contribution in [-0.2, 0) is 24.7 Å². The van der Waals surface area contributed by atoms with Crippen LogP contribution < -0.4 is 24.8 Å². The van der Waals surface area contributed by atoms with Crippen LogP contribution in [0.5, 0.6) is 0 Å². The zero-order valence-corrected chi connectivity index (χ0v) is 26.3. The van der Waals surface area contributed by atoms with Crippen LogP contribution in [0.4, 0.5) is 0 Å². The van der Waals surface area contributed by atoms with Gasteiger partial charge in [-0.15, -0.1) is 0 Å². The molecule has 0 N–H and O–H groups in total. The SMILES string of the molecule is CC1=C2c3cocc3C1[Si]2(C)C.CCC(C)c1ccc(-c2cccc3c2C=C(C)[CH]3[Zr+2])cc1.[Cl-].[Cl-]. The van der Waals surface area contributed by atoms with Gasteiger partial charge >= 0.3 is 143 Å². The zero-order valence-electron chi connectivity index (χ0n) is 21.4. The summed E-state index contributed by atoms with van der Waals surface area (Å²) in [6.07, 6.45) is 7.45. The summed E-state index contributed by atoms with van der Waals surface area (Å²) >= 11 is 1.59. The van der Waals surface area contributed by atoms with Crippen LogP contribution in [0, 0.1) is 0 Å². The predicted octanol–water partition coefficient (Wildman–Crippen LogP) is 2.83. The average molecular weight is 600 g/mol. The second-order valence-corrected chi connectivity index (χ2v) is 16.5. The molecule has 0 spiro atoms. The largest absolute Gasteiger partial charge is 1.00 e. The monoisotopic (exact) mass is 597 g/mol. The van der Waals surface area contributed by atoms with E-state index in [1.807, 2.05) is 12.5 Å². The Morgan fingerprint density at radius 3 is 2.23 bits per heavy atom. The van der Waals surface area contributed by atoms with Crippen molar-refractivity contribution < 1.29 is 54.0 Å². The third kappa shape index (κ3) is 4.56. The third-order valence-corrected chi connectivity index (χ3v) is 14.2. The van der Waals surface area contributed by atoms with E-state index in [0.717, 1.165) is 5.54 Å². The number of furan rings is 1. The molecule has 2 aliphatic heterocycles. The molecule has 2 bridgehead atoms. The van der Waals surface area contributed by atoms with Gasteiger partial charge in [0.1, 0.15) is 0 Å². The van der Waals surface area contributed by atoms with Crippen molar-refractivity contribution in [3.8, 4) is 11.1 Å². The molecule has 181 valence electrons. The van der Waals surface area contributed by atoms with Gasteiger partial charge in [-0.1, -0.05) is 18.7 Å². The summed E-state index contributed by atoms with van der Waals surface area (Å²) in [4.78, 5) is 0. The molecule has 7 rings (SSSR count). The van der Waals surface area contributed by atoms with Crippen molar-refractivity contribution in [1.82, 2.24) is 0 Å². The van der Waals surface area contributed by atoms with E-state index in [9.17, 15) is 0 Å². The average Bonchev–Trinajstić information content (AvgIpc) is 3.50. The van der Waals surface area contributed by atoms with Crippen molar-refractivity contribution in [2.24, 2.45) is 0 Å². The van der Waals surface area contributed by atoms with E-state index in [2.05, 4.69) is 89.3 Å². The van der Waals surface area contributed by atoms with E-state index in [-0.39, 0.29) is 24.8 Å². The molecule has 4 aliphatic rings. The number of fused-ring (bicyclic) bond motifs is 1. The van der Waals surface area contributed by atoms with Gasteiger partial charge in [0, 0.05) is 16.7 Å². The molecule has 0 saturated heterocycles. The Labute approximate surface area is 239 Å². The molecule has 3 heterocycles. The van der Waals surface area contributed by atoms with E-state index in [1.165, 1.54) is 50.9 Å². The fraction of sp³-hybridized carbons (Fsp3) is 0.333. The first-order chi connectivity index (χ1) is 15.8. The number of allylic oxidation sites excluding steroid dienone is 2. The summed E-state index contributed by atoms with van der Waals surface area (Å²) in [5.74, 6) is 0.645. The fourth-order valence-corrected chi connectivity index (χ4v) is 11.4. The van der Waals surface area contributed by atoms with Gasteiger partial charge in [0.05, 0.1) is 20.6 Å². The molecule has 3 atom stereocenters. The molecule has 3 unspecified atom stereocenters. The summed E-state index contributed by atoms with van der Waals surface area (Å²) in [5, 5.41) is 1.66. The number of rotatable bonds is 3. The van der Waals surface area contributed by atoms with Gasteiger partial charge in [-0.05, 0) is 12.1 Å². The van der Waals surface area contributed by atoms with E-state index in [4.69, 9.17) is 4.42 Å². The van der Waals surface area contributed by atoms with Crippen molar-refractivity contribution in [2.75, 3.05) is 0 Å². The quantitative estimate of drug-likeness (QED) is 0.423. The molecule has 2 aliphatic carbocycles. The van der Waals surface area contributed by atoms with Crippen molar-refractivity contribution in [3.63, 3.8) is 0 Å². The molecule has 0 radical (unpaired) electrons. The molecule has 0 amide bonds. The van der Waals surface area contributed by atoms with Crippen LogP contribution in [0.3, 0.4) is 0 Å². The first-order valence-corrected chi connectivity index (χ1v) is 16.7. The molecule has 5 heteroatoms. The second kappa shape index (κ2) is 10.7. The number of hydrogen-bond acceptors (Lipinski definition) is 1. The Balaban J connectivity index is 0.000000208. The molecular formula is C30H33Cl2OSiZr. The summed E-state index contributed by atoms with van der Waals surface area (Å²) in [7, 11) is -1.04. The van der Waals surface area contributed by atoms with Crippen molar-refractivity contribution in [2.45, 2.75) is 62.3 Å². The first-order valence-electron chi connectivity index (χ1n) is 12.2. The third-order valence-electron chi connectivity index (χ3n) is 8.15. The van der Waals surface area contributed by atoms with Crippen LogP contribution in [-0.4, -0.2) is 8.07 Å². The van der Waals surface area contributed by atoms with Crippen molar-refractivity contribution >= 4 is 19.3 Å². The smallest absolute Gasteiger partial charge is 1.00 e. The first kappa shape index (κ1) is 28.5.